The van der Waals surface area contributed by atoms with Gasteiger partial charge in [0, 0.05) is 49.7 Å². The van der Waals surface area contributed by atoms with Gasteiger partial charge >= 0.3 is 0 Å². The Balaban J connectivity index is 1.38. The number of rotatable bonds is 11. The van der Waals surface area contributed by atoms with Crippen LogP contribution in [0.25, 0.3) is 10.9 Å². The van der Waals surface area contributed by atoms with E-state index >= 15 is 0 Å². The number of aromatic nitrogens is 2. The molecule has 200 valence electrons. The van der Waals surface area contributed by atoms with E-state index in [-0.39, 0.29) is 0 Å². The van der Waals surface area contributed by atoms with E-state index in [9.17, 15) is 8.42 Å². The van der Waals surface area contributed by atoms with Crippen LogP contribution in [-0.4, -0.2) is 53.4 Å². The predicted octanol–water partition coefficient (Wildman–Crippen LogP) is 5.93. The molecule has 0 aliphatic heterocycles. The molecule has 0 bridgehead atoms. The predicted molar refractivity (Wildman–Crippen MR) is 153 cm³/mol. The average Bonchev–Trinajstić information content (AvgIpc) is 3.33. The van der Waals surface area contributed by atoms with E-state index < -0.39 is 10.0 Å². The molecule has 1 aliphatic carbocycles. The van der Waals surface area contributed by atoms with Crippen LogP contribution in [0.15, 0.2) is 90.2 Å². The van der Waals surface area contributed by atoms with Gasteiger partial charge in [-0.2, -0.15) is 0 Å². The van der Waals surface area contributed by atoms with Crippen molar-refractivity contribution >= 4 is 20.9 Å². The second kappa shape index (κ2) is 12.2. The zero-order chi connectivity index (χ0) is 26.4. The Morgan fingerprint density at radius 3 is 2.34 bits per heavy atom. The van der Waals surface area contributed by atoms with Crippen LogP contribution in [0.1, 0.15) is 49.7 Å². The molecule has 1 fully saturated rings. The van der Waals surface area contributed by atoms with Gasteiger partial charge in [-0.25, -0.2) is 12.4 Å². The van der Waals surface area contributed by atoms with Crippen LogP contribution in [-0.2, 0) is 23.1 Å². The number of para-hydroxylation sites is 1. The van der Waals surface area contributed by atoms with Crippen LogP contribution in [0.2, 0.25) is 0 Å². The molecule has 0 spiro atoms. The smallest absolute Gasteiger partial charge is 0.268 e. The summed E-state index contributed by atoms with van der Waals surface area (Å²) in [5.74, 6) is 0. The summed E-state index contributed by atoms with van der Waals surface area (Å²) in [4.78, 5) is 9.46. The second-order valence-corrected chi connectivity index (χ2v) is 12.3. The maximum atomic E-state index is 13.6. The SMILES string of the molecule is CN(CCCN(Cc1ccncc1)Cc1cn(S(=O)(=O)c2ccccc2)c2ccccc12)C1CCCCC1. The third kappa shape index (κ3) is 6.17. The number of fused-ring (bicyclic) bond motifs is 1. The van der Waals surface area contributed by atoms with Crippen molar-refractivity contribution in [1.29, 1.82) is 0 Å². The van der Waals surface area contributed by atoms with E-state index in [0.717, 1.165) is 37.0 Å². The van der Waals surface area contributed by atoms with Gasteiger partial charge in [-0.1, -0.05) is 55.7 Å². The highest BCUT2D eigenvalue weighted by Crippen LogP contribution is 2.28. The van der Waals surface area contributed by atoms with Gasteiger partial charge in [0.15, 0.2) is 0 Å². The third-order valence-corrected chi connectivity index (χ3v) is 9.48. The maximum absolute atomic E-state index is 13.6. The highest BCUT2D eigenvalue weighted by atomic mass is 32.2. The van der Waals surface area contributed by atoms with Gasteiger partial charge in [0.25, 0.3) is 10.0 Å². The van der Waals surface area contributed by atoms with E-state index in [1.54, 1.807) is 24.3 Å². The number of benzene rings is 2. The second-order valence-electron chi connectivity index (χ2n) is 10.5. The van der Waals surface area contributed by atoms with Crippen molar-refractivity contribution in [3.05, 3.63) is 96.4 Å². The Hall–Kier alpha value is -3.00. The van der Waals surface area contributed by atoms with Crippen molar-refractivity contribution in [2.24, 2.45) is 0 Å². The zero-order valence-electron chi connectivity index (χ0n) is 22.2. The van der Waals surface area contributed by atoms with Gasteiger partial charge in [0.2, 0.25) is 0 Å². The van der Waals surface area contributed by atoms with Gasteiger partial charge in [-0.15, -0.1) is 0 Å². The molecule has 0 N–H and O–H groups in total. The molecule has 1 saturated carbocycles. The fourth-order valence-electron chi connectivity index (χ4n) is 5.70. The quantitative estimate of drug-likeness (QED) is 0.241. The largest absolute Gasteiger partial charge is 0.303 e. The van der Waals surface area contributed by atoms with Crippen molar-refractivity contribution in [1.82, 2.24) is 18.8 Å². The summed E-state index contributed by atoms with van der Waals surface area (Å²) in [5, 5.41) is 0.978. The minimum atomic E-state index is -3.70. The van der Waals surface area contributed by atoms with Crippen molar-refractivity contribution in [3.63, 3.8) is 0 Å². The van der Waals surface area contributed by atoms with E-state index in [1.807, 2.05) is 48.9 Å². The first-order valence-electron chi connectivity index (χ1n) is 13.7. The minimum Gasteiger partial charge on any atom is -0.303 e. The molecule has 2 aromatic carbocycles. The number of hydrogen-bond donors (Lipinski definition) is 0. The fraction of sp³-hybridized carbons (Fsp3) is 0.387. The maximum Gasteiger partial charge on any atom is 0.268 e. The van der Waals surface area contributed by atoms with E-state index in [0.29, 0.717) is 23.0 Å². The Morgan fingerprint density at radius 2 is 1.58 bits per heavy atom. The lowest BCUT2D eigenvalue weighted by Gasteiger charge is -2.32. The lowest BCUT2D eigenvalue weighted by molar-refractivity contribution is 0.173. The summed E-state index contributed by atoms with van der Waals surface area (Å²) in [6, 6.07) is 21.3. The van der Waals surface area contributed by atoms with E-state index in [4.69, 9.17) is 0 Å². The number of pyridine rings is 1. The first-order chi connectivity index (χ1) is 18.5. The Kier molecular flexibility index (Phi) is 8.57. The molecule has 4 aromatic rings. The Bertz CT molecular complexity index is 1410. The summed E-state index contributed by atoms with van der Waals surface area (Å²) >= 11 is 0. The molecule has 0 saturated heterocycles. The monoisotopic (exact) mass is 530 g/mol. The number of hydrogen-bond acceptors (Lipinski definition) is 5. The molecular weight excluding hydrogens is 492 g/mol. The van der Waals surface area contributed by atoms with E-state index in [2.05, 4.69) is 34.0 Å². The van der Waals surface area contributed by atoms with Gasteiger partial charge in [0.1, 0.15) is 0 Å². The average molecular weight is 531 g/mol. The molecule has 1 aliphatic rings. The number of nitrogens with zero attached hydrogens (tertiary/aromatic N) is 4. The summed E-state index contributed by atoms with van der Waals surface area (Å²) < 4.78 is 28.6. The van der Waals surface area contributed by atoms with Crippen LogP contribution < -0.4 is 0 Å². The molecule has 0 atom stereocenters. The molecule has 0 amide bonds. The topological polar surface area (TPSA) is 58.4 Å². The Morgan fingerprint density at radius 1 is 0.868 bits per heavy atom. The van der Waals surface area contributed by atoms with Crippen LogP contribution in [0.5, 0.6) is 0 Å². The summed E-state index contributed by atoms with van der Waals surface area (Å²) in [6.45, 7) is 3.47. The molecular formula is C31H38N4O2S. The molecule has 2 aromatic heterocycles. The first kappa shape index (κ1) is 26.6. The molecule has 0 unspecified atom stereocenters. The van der Waals surface area contributed by atoms with Gasteiger partial charge in [-0.05, 0) is 74.3 Å². The Labute approximate surface area is 227 Å². The van der Waals surface area contributed by atoms with Crippen LogP contribution in [0, 0.1) is 0 Å². The highest BCUT2D eigenvalue weighted by Gasteiger charge is 2.22. The van der Waals surface area contributed by atoms with Gasteiger partial charge in [-0.3, -0.25) is 9.88 Å². The van der Waals surface area contributed by atoms with Crippen molar-refractivity contribution in [2.75, 3.05) is 20.1 Å². The normalized spacial score (nSPS) is 15.0. The lowest BCUT2D eigenvalue weighted by Crippen LogP contribution is -2.35. The summed E-state index contributed by atoms with van der Waals surface area (Å²) in [6.07, 6.45) is 13.3. The van der Waals surface area contributed by atoms with Crippen molar-refractivity contribution < 1.29 is 8.42 Å². The van der Waals surface area contributed by atoms with Crippen LogP contribution >= 0.6 is 0 Å². The molecule has 2 heterocycles. The fourth-order valence-corrected chi connectivity index (χ4v) is 7.11. The van der Waals surface area contributed by atoms with E-state index in [1.165, 1.54) is 41.6 Å². The first-order valence-corrected chi connectivity index (χ1v) is 15.2. The highest BCUT2D eigenvalue weighted by molar-refractivity contribution is 7.90. The molecule has 5 rings (SSSR count). The standard InChI is InChI=1S/C31H38N4O2S/c1-33(28-11-4-2-5-12-28)21-10-22-34(23-26-17-19-32-20-18-26)24-27-25-35(31-16-9-8-15-30(27)31)38(36,37)29-13-6-3-7-14-29/h3,6-9,13-20,25,28H,2,4-5,10-12,21-24H2,1H3. The molecule has 7 heteroatoms. The lowest BCUT2D eigenvalue weighted by atomic mass is 9.94. The van der Waals surface area contributed by atoms with Crippen LogP contribution in [0.3, 0.4) is 0 Å². The van der Waals surface area contributed by atoms with Crippen molar-refractivity contribution in [2.45, 2.75) is 62.6 Å². The zero-order valence-corrected chi connectivity index (χ0v) is 23.1. The molecule has 38 heavy (non-hydrogen) atoms. The van der Waals surface area contributed by atoms with Crippen LogP contribution in [0.4, 0.5) is 0 Å². The third-order valence-electron chi connectivity index (χ3n) is 7.79. The summed E-state index contributed by atoms with van der Waals surface area (Å²) in [5.41, 5.74) is 2.95. The summed E-state index contributed by atoms with van der Waals surface area (Å²) in [7, 11) is -1.43. The van der Waals surface area contributed by atoms with Gasteiger partial charge < -0.3 is 4.90 Å². The molecule has 0 radical (unpaired) electrons. The molecule has 6 nitrogen and oxygen atoms in total. The van der Waals surface area contributed by atoms with Crippen molar-refractivity contribution in [3.8, 4) is 0 Å². The minimum absolute atomic E-state index is 0.298. The van der Waals surface area contributed by atoms with Gasteiger partial charge in [0.05, 0.1) is 10.4 Å².